The number of aromatic nitrogens is 2. The third-order valence-corrected chi connectivity index (χ3v) is 2.33. The smallest absolute Gasteiger partial charge is 0.328 e. The van der Waals surface area contributed by atoms with Crippen LogP contribution in [0.4, 0.5) is 0 Å². The SMILES string of the molecule is CCn1ncc(CNC(=O)C=CC(=O)O)c1C. The summed E-state index contributed by atoms with van der Waals surface area (Å²) in [7, 11) is 0. The Labute approximate surface area is 98.9 Å². The van der Waals surface area contributed by atoms with E-state index in [1.807, 2.05) is 18.5 Å². The Morgan fingerprint density at radius 3 is 2.76 bits per heavy atom. The average Bonchev–Trinajstić information content (AvgIpc) is 2.64. The van der Waals surface area contributed by atoms with Gasteiger partial charge in [-0.3, -0.25) is 9.48 Å². The van der Waals surface area contributed by atoms with Crippen LogP contribution in [0.1, 0.15) is 18.2 Å². The van der Waals surface area contributed by atoms with Crippen molar-refractivity contribution in [1.82, 2.24) is 15.1 Å². The predicted molar refractivity (Wildman–Crippen MR) is 61.3 cm³/mol. The number of rotatable bonds is 5. The van der Waals surface area contributed by atoms with Gasteiger partial charge in [0, 0.05) is 36.5 Å². The number of hydrogen-bond acceptors (Lipinski definition) is 3. The zero-order valence-electron chi connectivity index (χ0n) is 9.80. The van der Waals surface area contributed by atoms with Crippen LogP contribution in [0.5, 0.6) is 0 Å². The summed E-state index contributed by atoms with van der Waals surface area (Å²) in [6.07, 6.45) is 3.49. The molecule has 0 aliphatic rings. The predicted octanol–water partition coefficient (Wildman–Crippen LogP) is 0.468. The molecule has 1 aromatic heterocycles. The molecule has 0 aliphatic heterocycles. The number of aliphatic carboxylic acids is 1. The second-order valence-corrected chi connectivity index (χ2v) is 3.46. The Morgan fingerprint density at radius 2 is 2.24 bits per heavy atom. The number of nitrogens with zero attached hydrogens (tertiary/aromatic N) is 2. The van der Waals surface area contributed by atoms with Crippen LogP contribution in [-0.2, 0) is 22.7 Å². The van der Waals surface area contributed by atoms with Crippen LogP contribution in [0.2, 0.25) is 0 Å². The number of hydrogen-bond donors (Lipinski definition) is 2. The number of amides is 1. The van der Waals surface area contributed by atoms with Gasteiger partial charge in [0.2, 0.25) is 5.91 Å². The van der Waals surface area contributed by atoms with Crippen LogP contribution in [0.3, 0.4) is 0 Å². The van der Waals surface area contributed by atoms with Crippen molar-refractivity contribution in [1.29, 1.82) is 0 Å². The van der Waals surface area contributed by atoms with Crippen molar-refractivity contribution in [2.45, 2.75) is 26.9 Å². The maximum atomic E-state index is 11.2. The number of nitrogens with one attached hydrogen (secondary N) is 1. The molecule has 0 spiro atoms. The molecule has 0 bridgehead atoms. The van der Waals surface area contributed by atoms with Gasteiger partial charge in [0.05, 0.1) is 6.20 Å². The molecular weight excluding hydrogens is 222 g/mol. The lowest BCUT2D eigenvalue weighted by Gasteiger charge is -2.03. The summed E-state index contributed by atoms with van der Waals surface area (Å²) in [6, 6.07) is 0. The van der Waals surface area contributed by atoms with E-state index < -0.39 is 11.9 Å². The summed E-state index contributed by atoms with van der Waals surface area (Å²) in [5.41, 5.74) is 1.92. The lowest BCUT2D eigenvalue weighted by molar-refractivity contribution is -0.131. The molecule has 0 saturated heterocycles. The standard InChI is InChI=1S/C11H15N3O3/c1-3-14-8(2)9(7-13-14)6-12-10(15)4-5-11(16)17/h4-5,7H,3,6H2,1-2H3,(H,12,15)(H,16,17). The molecular formula is C11H15N3O3. The molecule has 6 heteroatoms. The molecule has 0 unspecified atom stereocenters. The van der Waals surface area contributed by atoms with E-state index in [0.717, 1.165) is 30.0 Å². The lowest BCUT2D eigenvalue weighted by Crippen LogP contribution is -2.21. The van der Waals surface area contributed by atoms with Crippen molar-refractivity contribution in [2.24, 2.45) is 0 Å². The van der Waals surface area contributed by atoms with Crippen molar-refractivity contribution < 1.29 is 14.7 Å². The maximum absolute atomic E-state index is 11.2. The molecule has 92 valence electrons. The third kappa shape index (κ3) is 3.75. The fraction of sp³-hybridized carbons (Fsp3) is 0.364. The van der Waals surface area contributed by atoms with Crippen molar-refractivity contribution >= 4 is 11.9 Å². The third-order valence-electron chi connectivity index (χ3n) is 2.33. The Balaban J connectivity index is 2.53. The number of carboxylic acids is 1. The molecule has 1 heterocycles. The number of carboxylic acid groups (broad SMARTS) is 1. The first-order chi connectivity index (χ1) is 8.04. The van der Waals surface area contributed by atoms with E-state index in [4.69, 9.17) is 5.11 Å². The first-order valence-electron chi connectivity index (χ1n) is 5.24. The van der Waals surface area contributed by atoms with Crippen LogP contribution >= 0.6 is 0 Å². The Hall–Kier alpha value is -2.11. The van der Waals surface area contributed by atoms with Crippen LogP contribution < -0.4 is 5.32 Å². The van der Waals surface area contributed by atoms with E-state index in [9.17, 15) is 9.59 Å². The second-order valence-electron chi connectivity index (χ2n) is 3.46. The van der Waals surface area contributed by atoms with Gasteiger partial charge in [-0.1, -0.05) is 0 Å². The van der Waals surface area contributed by atoms with E-state index in [2.05, 4.69) is 10.4 Å². The van der Waals surface area contributed by atoms with E-state index in [0.29, 0.717) is 6.54 Å². The summed E-state index contributed by atoms with van der Waals surface area (Å²) < 4.78 is 1.83. The largest absolute Gasteiger partial charge is 0.478 e. The van der Waals surface area contributed by atoms with Gasteiger partial charge in [0.1, 0.15) is 0 Å². The molecule has 6 nitrogen and oxygen atoms in total. The first-order valence-corrected chi connectivity index (χ1v) is 5.24. The quantitative estimate of drug-likeness (QED) is 0.729. The van der Waals surface area contributed by atoms with Crippen molar-refractivity contribution in [3.8, 4) is 0 Å². The number of carbonyl (C=O) groups is 2. The van der Waals surface area contributed by atoms with E-state index in [1.165, 1.54) is 0 Å². The van der Waals surface area contributed by atoms with Crippen molar-refractivity contribution in [2.75, 3.05) is 0 Å². The van der Waals surface area contributed by atoms with Gasteiger partial charge in [-0.2, -0.15) is 5.10 Å². The molecule has 1 amide bonds. The van der Waals surface area contributed by atoms with Gasteiger partial charge >= 0.3 is 5.97 Å². The molecule has 0 fully saturated rings. The van der Waals surface area contributed by atoms with Crippen LogP contribution in [0.15, 0.2) is 18.3 Å². The first kappa shape index (κ1) is 13.0. The minimum absolute atomic E-state index is 0.342. The maximum Gasteiger partial charge on any atom is 0.328 e. The van der Waals surface area contributed by atoms with Gasteiger partial charge in [-0.05, 0) is 13.8 Å². The minimum Gasteiger partial charge on any atom is -0.478 e. The number of aryl methyl sites for hydroxylation is 1. The minimum atomic E-state index is -1.14. The monoisotopic (exact) mass is 237 g/mol. The Bertz CT molecular complexity index is 449. The molecule has 0 saturated carbocycles. The summed E-state index contributed by atoms with van der Waals surface area (Å²) in [5, 5.41) is 15.1. The second kappa shape index (κ2) is 5.83. The van der Waals surface area contributed by atoms with E-state index in [1.54, 1.807) is 6.20 Å². The number of carbonyl (C=O) groups excluding carboxylic acids is 1. The molecule has 2 N–H and O–H groups in total. The zero-order valence-corrected chi connectivity index (χ0v) is 9.80. The summed E-state index contributed by atoms with van der Waals surface area (Å²) in [4.78, 5) is 21.4. The molecule has 0 aromatic carbocycles. The van der Waals surface area contributed by atoms with Crippen LogP contribution in [0.25, 0.3) is 0 Å². The molecule has 1 rings (SSSR count). The molecule has 0 atom stereocenters. The molecule has 0 aliphatic carbocycles. The highest BCUT2D eigenvalue weighted by molar-refractivity contribution is 5.93. The molecule has 17 heavy (non-hydrogen) atoms. The van der Waals surface area contributed by atoms with Gasteiger partial charge < -0.3 is 10.4 Å². The van der Waals surface area contributed by atoms with Gasteiger partial charge in [0.15, 0.2) is 0 Å². The van der Waals surface area contributed by atoms with Gasteiger partial charge in [-0.25, -0.2) is 4.79 Å². The summed E-state index contributed by atoms with van der Waals surface area (Å²) in [5.74, 6) is -1.58. The lowest BCUT2D eigenvalue weighted by atomic mass is 10.2. The van der Waals surface area contributed by atoms with Gasteiger partial charge in [0.25, 0.3) is 0 Å². The molecule has 1 aromatic rings. The summed E-state index contributed by atoms with van der Waals surface area (Å²) in [6.45, 7) is 5.02. The normalized spacial score (nSPS) is 10.7. The van der Waals surface area contributed by atoms with Gasteiger partial charge in [-0.15, -0.1) is 0 Å². The molecule has 0 radical (unpaired) electrons. The van der Waals surface area contributed by atoms with Crippen LogP contribution in [-0.4, -0.2) is 26.8 Å². The fourth-order valence-corrected chi connectivity index (χ4v) is 1.37. The fourth-order valence-electron chi connectivity index (χ4n) is 1.37. The zero-order chi connectivity index (χ0) is 12.8. The summed E-state index contributed by atoms with van der Waals surface area (Å²) >= 11 is 0. The van der Waals surface area contributed by atoms with Crippen LogP contribution in [0, 0.1) is 6.92 Å². The van der Waals surface area contributed by atoms with Crippen molar-refractivity contribution in [3.63, 3.8) is 0 Å². The van der Waals surface area contributed by atoms with E-state index >= 15 is 0 Å². The highest BCUT2D eigenvalue weighted by Crippen LogP contribution is 2.06. The Kier molecular flexibility index (Phi) is 4.45. The topological polar surface area (TPSA) is 84.2 Å². The average molecular weight is 237 g/mol. The van der Waals surface area contributed by atoms with Crippen molar-refractivity contribution in [3.05, 3.63) is 29.6 Å². The highest BCUT2D eigenvalue weighted by Gasteiger charge is 2.05. The Morgan fingerprint density at radius 1 is 1.53 bits per heavy atom. The highest BCUT2D eigenvalue weighted by atomic mass is 16.4. The van der Waals surface area contributed by atoms with E-state index in [-0.39, 0.29) is 0 Å².